The van der Waals surface area contributed by atoms with Gasteiger partial charge in [0.2, 0.25) is 5.88 Å². The van der Waals surface area contributed by atoms with E-state index in [1.807, 2.05) is 19.9 Å². The second-order valence-electron chi connectivity index (χ2n) is 6.12. The molecule has 2 aromatic heterocycles. The zero-order valence-electron chi connectivity index (χ0n) is 16.4. The fourth-order valence-corrected chi connectivity index (χ4v) is 2.87. The number of hydrogen-bond donors (Lipinski definition) is 0. The molecule has 2 heterocycles. The van der Waals surface area contributed by atoms with Crippen LogP contribution in [0.2, 0.25) is 0 Å². The summed E-state index contributed by atoms with van der Waals surface area (Å²) in [5.41, 5.74) is 4.99. The summed E-state index contributed by atoms with van der Waals surface area (Å²) in [5, 5.41) is 0. The maximum Gasteiger partial charge on any atom is 0.213 e. The van der Waals surface area contributed by atoms with Gasteiger partial charge in [-0.15, -0.1) is 0 Å². The highest BCUT2D eigenvalue weighted by Crippen LogP contribution is 2.29. The first-order valence-electron chi connectivity index (χ1n) is 9.27. The van der Waals surface area contributed by atoms with Gasteiger partial charge in [0.25, 0.3) is 0 Å². The summed E-state index contributed by atoms with van der Waals surface area (Å²) in [4.78, 5) is 16.7. The van der Waals surface area contributed by atoms with Crippen molar-refractivity contribution in [2.24, 2.45) is 0 Å². The molecule has 5 nitrogen and oxygen atoms in total. The molecule has 5 heteroatoms. The summed E-state index contributed by atoms with van der Waals surface area (Å²) in [7, 11) is 2.07. The predicted octanol–water partition coefficient (Wildman–Crippen LogP) is 4.22. The molecule has 25 heavy (non-hydrogen) atoms. The van der Waals surface area contributed by atoms with Crippen LogP contribution in [-0.4, -0.2) is 35.2 Å². The Hall–Kier alpha value is -2.17. The van der Waals surface area contributed by atoms with Gasteiger partial charge in [-0.2, -0.15) is 0 Å². The number of aryl methyl sites for hydroxylation is 3. The minimum atomic E-state index is 0.617. The van der Waals surface area contributed by atoms with Gasteiger partial charge in [0.15, 0.2) is 5.82 Å². The standard InChI is InChI=1S/C20H30N4O/c1-7-11-17-20(24(6)9-3)23-19(14(5)21-17)15-12-13-18(25-10-4)22-16(15)8-2/h12-13H,7-11H2,1-6H3. The molecular weight excluding hydrogens is 312 g/mol. The first-order chi connectivity index (χ1) is 12.0. The molecule has 0 aliphatic carbocycles. The van der Waals surface area contributed by atoms with Crippen LogP contribution in [0.1, 0.15) is 51.2 Å². The van der Waals surface area contributed by atoms with Crippen molar-refractivity contribution >= 4 is 5.82 Å². The minimum absolute atomic E-state index is 0.617. The fraction of sp³-hybridized carbons (Fsp3) is 0.550. The summed E-state index contributed by atoms with van der Waals surface area (Å²) in [5.74, 6) is 1.64. The molecule has 0 fully saturated rings. The minimum Gasteiger partial charge on any atom is -0.478 e. The molecule has 2 aromatic rings. The van der Waals surface area contributed by atoms with E-state index in [2.05, 4.69) is 43.8 Å². The third-order valence-electron chi connectivity index (χ3n) is 4.27. The summed E-state index contributed by atoms with van der Waals surface area (Å²) in [6.45, 7) is 11.9. The number of ether oxygens (including phenoxy) is 1. The van der Waals surface area contributed by atoms with Gasteiger partial charge in [0.05, 0.1) is 29.4 Å². The van der Waals surface area contributed by atoms with Crippen LogP contribution in [0.4, 0.5) is 5.82 Å². The van der Waals surface area contributed by atoms with Gasteiger partial charge in [-0.25, -0.2) is 9.97 Å². The van der Waals surface area contributed by atoms with E-state index in [-0.39, 0.29) is 0 Å². The summed E-state index contributed by atoms with van der Waals surface area (Å²) < 4.78 is 5.54. The van der Waals surface area contributed by atoms with Crippen LogP contribution < -0.4 is 9.64 Å². The molecule has 2 rings (SSSR count). The monoisotopic (exact) mass is 342 g/mol. The second-order valence-corrected chi connectivity index (χ2v) is 6.12. The van der Waals surface area contributed by atoms with Gasteiger partial charge in [0, 0.05) is 25.2 Å². The number of nitrogens with zero attached hydrogens (tertiary/aromatic N) is 4. The smallest absolute Gasteiger partial charge is 0.213 e. The maximum atomic E-state index is 5.54. The van der Waals surface area contributed by atoms with Crippen molar-refractivity contribution in [1.29, 1.82) is 0 Å². The Morgan fingerprint density at radius 2 is 1.76 bits per heavy atom. The van der Waals surface area contributed by atoms with E-state index in [0.717, 1.165) is 60.0 Å². The molecule has 136 valence electrons. The van der Waals surface area contributed by atoms with E-state index < -0.39 is 0 Å². The number of aromatic nitrogens is 3. The number of anilines is 1. The van der Waals surface area contributed by atoms with E-state index in [9.17, 15) is 0 Å². The van der Waals surface area contributed by atoms with Crippen LogP contribution in [0.5, 0.6) is 5.88 Å². The average molecular weight is 342 g/mol. The van der Waals surface area contributed by atoms with Gasteiger partial charge in [-0.3, -0.25) is 4.98 Å². The number of hydrogen-bond acceptors (Lipinski definition) is 5. The molecular formula is C20H30N4O. The molecule has 0 unspecified atom stereocenters. The van der Waals surface area contributed by atoms with Crippen molar-refractivity contribution in [1.82, 2.24) is 15.0 Å². The Morgan fingerprint density at radius 3 is 2.36 bits per heavy atom. The molecule has 0 spiro atoms. The first kappa shape index (κ1) is 19.2. The molecule has 0 saturated heterocycles. The molecule has 0 aliphatic heterocycles. The van der Waals surface area contributed by atoms with E-state index in [0.29, 0.717) is 12.5 Å². The molecule has 0 atom stereocenters. The zero-order valence-corrected chi connectivity index (χ0v) is 16.4. The molecule has 0 radical (unpaired) electrons. The van der Waals surface area contributed by atoms with Gasteiger partial charge in [-0.1, -0.05) is 20.3 Å². The van der Waals surface area contributed by atoms with Crippen LogP contribution in [-0.2, 0) is 12.8 Å². The Balaban J connectivity index is 2.58. The van der Waals surface area contributed by atoms with Crippen molar-refractivity contribution < 1.29 is 4.74 Å². The molecule has 0 amide bonds. The lowest BCUT2D eigenvalue weighted by Crippen LogP contribution is -2.21. The lowest BCUT2D eigenvalue weighted by atomic mass is 10.1. The Morgan fingerprint density at radius 1 is 1.00 bits per heavy atom. The van der Waals surface area contributed by atoms with Gasteiger partial charge >= 0.3 is 0 Å². The quantitative estimate of drug-likeness (QED) is 0.719. The Bertz CT molecular complexity index is 715. The molecule has 0 aromatic carbocycles. The Kier molecular flexibility index (Phi) is 6.73. The predicted molar refractivity (Wildman–Crippen MR) is 103 cm³/mol. The summed E-state index contributed by atoms with van der Waals surface area (Å²) in [6, 6.07) is 3.98. The van der Waals surface area contributed by atoms with Crippen LogP contribution >= 0.6 is 0 Å². The Labute approximate surface area is 151 Å². The topological polar surface area (TPSA) is 51.1 Å². The normalized spacial score (nSPS) is 10.8. The lowest BCUT2D eigenvalue weighted by Gasteiger charge is -2.21. The van der Waals surface area contributed by atoms with Gasteiger partial charge in [-0.05, 0) is 39.7 Å². The molecule has 0 saturated carbocycles. The first-order valence-corrected chi connectivity index (χ1v) is 9.27. The van der Waals surface area contributed by atoms with E-state index >= 15 is 0 Å². The van der Waals surface area contributed by atoms with Crippen LogP contribution in [0.3, 0.4) is 0 Å². The second kappa shape index (κ2) is 8.79. The SMILES string of the molecule is CCCc1nc(C)c(-c2ccc(OCC)nc2CC)nc1N(C)CC. The van der Waals surface area contributed by atoms with E-state index in [1.165, 1.54) is 0 Å². The highest BCUT2D eigenvalue weighted by Gasteiger charge is 2.17. The highest BCUT2D eigenvalue weighted by molar-refractivity contribution is 5.67. The molecule has 0 aliphatic rings. The van der Waals surface area contributed by atoms with Crippen LogP contribution in [0.15, 0.2) is 12.1 Å². The van der Waals surface area contributed by atoms with Crippen molar-refractivity contribution in [3.63, 3.8) is 0 Å². The molecule has 0 bridgehead atoms. The largest absolute Gasteiger partial charge is 0.478 e. The van der Waals surface area contributed by atoms with Crippen molar-refractivity contribution in [3.05, 3.63) is 29.2 Å². The summed E-state index contributed by atoms with van der Waals surface area (Å²) in [6.07, 6.45) is 2.83. The third-order valence-corrected chi connectivity index (χ3v) is 4.27. The highest BCUT2D eigenvalue weighted by atomic mass is 16.5. The fourth-order valence-electron chi connectivity index (χ4n) is 2.87. The average Bonchev–Trinajstić information content (AvgIpc) is 2.62. The number of pyridine rings is 1. The van der Waals surface area contributed by atoms with Crippen molar-refractivity contribution in [2.45, 2.75) is 53.9 Å². The van der Waals surface area contributed by atoms with Crippen LogP contribution in [0.25, 0.3) is 11.3 Å². The van der Waals surface area contributed by atoms with Crippen molar-refractivity contribution in [2.75, 3.05) is 25.1 Å². The maximum absolute atomic E-state index is 5.54. The van der Waals surface area contributed by atoms with Gasteiger partial charge in [0.1, 0.15) is 0 Å². The zero-order chi connectivity index (χ0) is 18.4. The van der Waals surface area contributed by atoms with Crippen LogP contribution in [0, 0.1) is 6.92 Å². The lowest BCUT2D eigenvalue weighted by molar-refractivity contribution is 0.326. The summed E-state index contributed by atoms with van der Waals surface area (Å²) >= 11 is 0. The van der Waals surface area contributed by atoms with Crippen molar-refractivity contribution in [3.8, 4) is 17.1 Å². The van der Waals surface area contributed by atoms with E-state index in [1.54, 1.807) is 0 Å². The number of rotatable bonds is 8. The molecule has 0 N–H and O–H groups in total. The third kappa shape index (κ3) is 4.27. The van der Waals surface area contributed by atoms with Gasteiger partial charge < -0.3 is 9.64 Å². The van der Waals surface area contributed by atoms with E-state index in [4.69, 9.17) is 14.7 Å².